The number of aromatic nitrogens is 4. The van der Waals surface area contributed by atoms with Crippen LogP contribution in [0.5, 0.6) is 17.2 Å². The molecule has 0 atom stereocenters. The van der Waals surface area contributed by atoms with E-state index in [-0.39, 0.29) is 0 Å². The predicted octanol–water partition coefficient (Wildman–Crippen LogP) is 3.64. The van der Waals surface area contributed by atoms with Crippen LogP contribution in [0.4, 0.5) is 0 Å². The predicted molar refractivity (Wildman–Crippen MR) is 101 cm³/mol. The van der Waals surface area contributed by atoms with E-state index >= 15 is 0 Å². The fraction of sp³-hybridized carbons (Fsp3) is 0.167. The third-order valence-corrected chi connectivity index (χ3v) is 4.73. The van der Waals surface area contributed by atoms with Gasteiger partial charge < -0.3 is 18.6 Å². The van der Waals surface area contributed by atoms with Gasteiger partial charge in [-0.15, -0.1) is 10.2 Å². The molecule has 0 N–H and O–H groups in total. The van der Waals surface area contributed by atoms with Gasteiger partial charge >= 0.3 is 0 Å². The van der Waals surface area contributed by atoms with Crippen molar-refractivity contribution in [2.24, 2.45) is 0 Å². The molecule has 138 valence electrons. The van der Waals surface area contributed by atoms with Crippen molar-refractivity contribution in [3.05, 3.63) is 41.3 Å². The highest BCUT2D eigenvalue weighted by molar-refractivity contribution is 7.17. The minimum Gasteiger partial charge on any atom is -0.493 e. The Labute approximate surface area is 158 Å². The highest BCUT2D eigenvalue weighted by Gasteiger charge is 2.18. The Bertz CT molecular complexity index is 1070. The van der Waals surface area contributed by atoms with Crippen LogP contribution in [0.1, 0.15) is 10.8 Å². The summed E-state index contributed by atoms with van der Waals surface area (Å²) in [5, 5.41) is 13.8. The summed E-state index contributed by atoms with van der Waals surface area (Å²) in [5.41, 5.74) is 0.754. The lowest BCUT2D eigenvalue weighted by Gasteiger charge is -2.13. The van der Waals surface area contributed by atoms with Gasteiger partial charge in [0.1, 0.15) is 10.8 Å². The SMILES string of the molecule is COc1cc(-c2nnc3sc(/C=C\c4ccco4)nn23)cc(OC)c1OC. The fourth-order valence-corrected chi connectivity index (χ4v) is 3.37. The summed E-state index contributed by atoms with van der Waals surface area (Å²) in [7, 11) is 4.70. The van der Waals surface area contributed by atoms with Crippen LogP contribution >= 0.6 is 11.3 Å². The first-order valence-electron chi connectivity index (χ1n) is 7.97. The number of ether oxygens (including phenoxy) is 3. The van der Waals surface area contributed by atoms with Crippen molar-refractivity contribution in [1.29, 1.82) is 0 Å². The molecule has 3 heterocycles. The average Bonchev–Trinajstić information content (AvgIpc) is 3.42. The molecule has 0 aliphatic carbocycles. The van der Waals surface area contributed by atoms with Crippen molar-refractivity contribution in [1.82, 2.24) is 19.8 Å². The molecule has 0 aliphatic rings. The van der Waals surface area contributed by atoms with Crippen LogP contribution in [0.15, 0.2) is 34.9 Å². The molecule has 0 bridgehead atoms. The molecule has 0 saturated heterocycles. The van der Waals surface area contributed by atoms with E-state index in [2.05, 4.69) is 15.3 Å². The van der Waals surface area contributed by atoms with E-state index in [4.69, 9.17) is 18.6 Å². The Kier molecular flexibility index (Phi) is 4.51. The minimum absolute atomic E-state index is 0.518. The molecule has 0 aliphatic heterocycles. The van der Waals surface area contributed by atoms with Crippen molar-refractivity contribution < 1.29 is 18.6 Å². The Morgan fingerprint density at radius 3 is 2.44 bits per heavy atom. The zero-order valence-electron chi connectivity index (χ0n) is 14.9. The summed E-state index contributed by atoms with van der Waals surface area (Å²) in [5.74, 6) is 2.93. The van der Waals surface area contributed by atoms with Crippen LogP contribution in [-0.4, -0.2) is 41.1 Å². The zero-order valence-corrected chi connectivity index (χ0v) is 15.7. The zero-order chi connectivity index (χ0) is 18.8. The summed E-state index contributed by atoms with van der Waals surface area (Å²) in [4.78, 5) is 0.679. The third kappa shape index (κ3) is 3.13. The lowest BCUT2D eigenvalue weighted by molar-refractivity contribution is 0.324. The van der Waals surface area contributed by atoms with Crippen LogP contribution in [0.3, 0.4) is 0 Å². The molecule has 1 aromatic carbocycles. The van der Waals surface area contributed by atoms with Crippen molar-refractivity contribution in [2.75, 3.05) is 21.3 Å². The van der Waals surface area contributed by atoms with Gasteiger partial charge in [-0.1, -0.05) is 11.3 Å². The molecule has 9 heteroatoms. The minimum atomic E-state index is 0.518. The molecule has 0 fully saturated rings. The second-order valence-corrected chi connectivity index (χ2v) is 6.41. The summed E-state index contributed by atoms with van der Waals surface area (Å²) < 4.78 is 23.2. The first-order valence-corrected chi connectivity index (χ1v) is 8.79. The van der Waals surface area contributed by atoms with Gasteiger partial charge in [0, 0.05) is 5.56 Å². The number of benzene rings is 1. The van der Waals surface area contributed by atoms with E-state index in [1.807, 2.05) is 36.4 Å². The van der Waals surface area contributed by atoms with Gasteiger partial charge in [-0.05, 0) is 36.4 Å². The molecular formula is C18H16N4O4S. The van der Waals surface area contributed by atoms with Crippen LogP contribution in [-0.2, 0) is 0 Å². The molecule has 0 radical (unpaired) electrons. The molecule has 3 aromatic heterocycles. The maximum absolute atomic E-state index is 5.41. The number of fused-ring (bicyclic) bond motifs is 1. The second-order valence-electron chi connectivity index (χ2n) is 5.42. The van der Waals surface area contributed by atoms with E-state index in [1.165, 1.54) is 11.3 Å². The highest BCUT2D eigenvalue weighted by Crippen LogP contribution is 2.41. The van der Waals surface area contributed by atoms with E-state index in [0.717, 1.165) is 16.3 Å². The molecule has 4 aromatic rings. The number of methoxy groups -OCH3 is 3. The lowest BCUT2D eigenvalue weighted by atomic mass is 10.1. The van der Waals surface area contributed by atoms with Gasteiger partial charge in [-0.2, -0.15) is 9.61 Å². The van der Waals surface area contributed by atoms with Crippen LogP contribution in [0.2, 0.25) is 0 Å². The fourth-order valence-electron chi connectivity index (χ4n) is 2.63. The Balaban J connectivity index is 1.76. The first-order chi connectivity index (χ1) is 13.2. The van der Waals surface area contributed by atoms with Gasteiger partial charge in [0.2, 0.25) is 10.7 Å². The molecule has 8 nitrogen and oxygen atoms in total. The number of furan rings is 1. The van der Waals surface area contributed by atoms with Gasteiger partial charge in [0.15, 0.2) is 17.3 Å². The topological polar surface area (TPSA) is 83.9 Å². The van der Waals surface area contributed by atoms with E-state index in [0.29, 0.717) is 28.0 Å². The van der Waals surface area contributed by atoms with E-state index < -0.39 is 0 Å². The van der Waals surface area contributed by atoms with Crippen LogP contribution in [0, 0.1) is 0 Å². The largest absolute Gasteiger partial charge is 0.493 e. The van der Waals surface area contributed by atoms with Crippen LogP contribution < -0.4 is 14.2 Å². The third-order valence-electron chi connectivity index (χ3n) is 3.86. The van der Waals surface area contributed by atoms with Crippen molar-refractivity contribution in [2.45, 2.75) is 0 Å². The van der Waals surface area contributed by atoms with Crippen molar-refractivity contribution >= 4 is 28.4 Å². The molecule has 0 amide bonds. The number of nitrogens with zero attached hydrogens (tertiary/aromatic N) is 4. The lowest BCUT2D eigenvalue weighted by Crippen LogP contribution is -1.97. The molecular weight excluding hydrogens is 368 g/mol. The van der Waals surface area contributed by atoms with Crippen molar-refractivity contribution in [3.8, 4) is 28.6 Å². The van der Waals surface area contributed by atoms with E-state index in [9.17, 15) is 0 Å². The maximum Gasteiger partial charge on any atom is 0.235 e. The number of hydrogen-bond acceptors (Lipinski definition) is 8. The average molecular weight is 384 g/mol. The Morgan fingerprint density at radius 2 is 1.81 bits per heavy atom. The standard InChI is InChI=1S/C18H16N4O4S/c1-23-13-9-11(10-14(24-2)16(13)25-3)17-19-20-18-22(17)21-15(27-18)7-6-12-5-4-8-26-12/h4-10H,1-3H3/b7-6-. The first kappa shape index (κ1) is 17.1. The second kappa shape index (κ2) is 7.12. The summed E-state index contributed by atoms with van der Waals surface area (Å²) in [6.45, 7) is 0. The summed E-state index contributed by atoms with van der Waals surface area (Å²) in [6, 6.07) is 7.34. The normalized spacial score (nSPS) is 11.4. The smallest absolute Gasteiger partial charge is 0.235 e. The number of rotatable bonds is 6. The van der Waals surface area contributed by atoms with Gasteiger partial charge in [-0.25, -0.2) is 0 Å². The monoisotopic (exact) mass is 384 g/mol. The molecule has 0 unspecified atom stereocenters. The highest BCUT2D eigenvalue weighted by atomic mass is 32.1. The van der Waals surface area contributed by atoms with E-state index in [1.54, 1.807) is 32.1 Å². The van der Waals surface area contributed by atoms with Gasteiger partial charge in [0.05, 0.1) is 27.6 Å². The maximum atomic E-state index is 5.41. The van der Waals surface area contributed by atoms with Crippen LogP contribution in [0.25, 0.3) is 28.5 Å². The Hall–Kier alpha value is -3.33. The summed E-state index contributed by atoms with van der Waals surface area (Å²) >= 11 is 1.42. The van der Waals surface area contributed by atoms with Crippen molar-refractivity contribution in [3.63, 3.8) is 0 Å². The van der Waals surface area contributed by atoms with Gasteiger partial charge in [0.25, 0.3) is 0 Å². The Morgan fingerprint density at radius 1 is 1.04 bits per heavy atom. The summed E-state index contributed by atoms with van der Waals surface area (Å²) in [6.07, 6.45) is 5.35. The molecule has 4 rings (SSSR count). The molecule has 0 spiro atoms. The number of hydrogen-bond donors (Lipinski definition) is 0. The quantitative estimate of drug-likeness (QED) is 0.502. The van der Waals surface area contributed by atoms with Gasteiger partial charge in [-0.3, -0.25) is 0 Å². The molecule has 0 saturated carbocycles. The molecule has 27 heavy (non-hydrogen) atoms.